The molecule has 4 nitrogen and oxygen atoms in total. The standard InChI is InChI=1S/C18H21NO3S/c1-3-13(2)15-6-4-5-7-16(15)19-17(20)11-22-18(21)10-14-8-9-23-12-14/h4-9,12-13H,3,10-11H2,1-2H3,(H,19,20). The molecule has 0 bridgehead atoms. The lowest BCUT2D eigenvalue weighted by molar-refractivity contribution is -0.146. The quantitative estimate of drug-likeness (QED) is 0.781. The predicted molar refractivity (Wildman–Crippen MR) is 92.8 cm³/mol. The second kappa shape index (κ2) is 8.48. The minimum absolute atomic E-state index is 0.195. The fraction of sp³-hybridized carbons (Fsp3) is 0.333. The normalized spacial score (nSPS) is 11.7. The van der Waals surface area contributed by atoms with Gasteiger partial charge in [0.2, 0.25) is 0 Å². The van der Waals surface area contributed by atoms with Crippen molar-refractivity contribution < 1.29 is 14.3 Å². The number of para-hydroxylation sites is 1. The predicted octanol–water partition coefficient (Wildman–Crippen LogP) is 3.99. The summed E-state index contributed by atoms with van der Waals surface area (Å²) in [6, 6.07) is 9.58. The zero-order chi connectivity index (χ0) is 16.7. The molecule has 122 valence electrons. The van der Waals surface area contributed by atoms with Gasteiger partial charge < -0.3 is 10.1 Å². The third-order valence-corrected chi connectivity index (χ3v) is 4.40. The summed E-state index contributed by atoms with van der Waals surface area (Å²) in [5, 5.41) is 6.62. The maximum Gasteiger partial charge on any atom is 0.310 e. The van der Waals surface area contributed by atoms with Gasteiger partial charge >= 0.3 is 5.97 Å². The molecule has 0 radical (unpaired) electrons. The maximum absolute atomic E-state index is 12.0. The van der Waals surface area contributed by atoms with Gasteiger partial charge in [-0.15, -0.1) is 0 Å². The SMILES string of the molecule is CCC(C)c1ccccc1NC(=O)COC(=O)Cc1ccsc1. The van der Waals surface area contributed by atoms with E-state index in [0.717, 1.165) is 23.2 Å². The lowest BCUT2D eigenvalue weighted by Crippen LogP contribution is -2.22. The highest BCUT2D eigenvalue weighted by molar-refractivity contribution is 7.07. The Hall–Kier alpha value is -2.14. The van der Waals surface area contributed by atoms with Crippen molar-refractivity contribution in [2.45, 2.75) is 32.6 Å². The summed E-state index contributed by atoms with van der Waals surface area (Å²) in [7, 11) is 0. The number of anilines is 1. The summed E-state index contributed by atoms with van der Waals surface area (Å²) in [5.41, 5.74) is 2.77. The number of rotatable bonds is 7. The van der Waals surface area contributed by atoms with Gasteiger partial charge in [-0.3, -0.25) is 9.59 Å². The molecular weight excluding hydrogens is 310 g/mol. The number of benzene rings is 1. The minimum Gasteiger partial charge on any atom is -0.455 e. The van der Waals surface area contributed by atoms with Gasteiger partial charge in [0, 0.05) is 5.69 Å². The second-order valence-corrected chi connectivity index (χ2v) is 6.19. The van der Waals surface area contributed by atoms with Crippen LogP contribution >= 0.6 is 11.3 Å². The summed E-state index contributed by atoms with van der Waals surface area (Å²) in [6.07, 6.45) is 1.18. The number of hydrogen-bond acceptors (Lipinski definition) is 4. The molecule has 2 aromatic rings. The molecule has 0 saturated carbocycles. The van der Waals surface area contributed by atoms with Crippen LogP contribution in [0.15, 0.2) is 41.1 Å². The molecule has 2 rings (SSSR count). The highest BCUT2D eigenvalue weighted by Crippen LogP contribution is 2.26. The van der Waals surface area contributed by atoms with Crippen LogP contribution in [0.3, 0.4) is 0 Å². The van der Waals surface area contributed by atoms with Crippen molar-refractivity contribution in [3.8, 4) is 0 Å². The molecule has 0 aliphatic rings. The van der Waals surface area contributed by atoms with Gasteiger partial charge in [0.05, 0.1) is 6.42 Å². The summed E-state index contributed by atoms with van der Waals surface area (Å²) >= 11 is 1.53. The zero-order valence-corrected chi connectivity index (χ0v) is 14.2. The van der Waals surface area contributed by atoms with E-state index in [1.807, 2.05) is 41.1 Å². The third-order valence-electron chi connectivity index (χ3n) is 3.67. The smallest absolute Gasteiger partial charge is 0.310 e. The molecule has 0 aliphatic heterocycles. The van der Waals surface area contributed by atoms with Gasteiger partial charge in [-0.1, -0.05) is 32.0 Å². The number of amides is 1. The van der Waals surface area contributed by atoms with E-state index in [1.54, 1.807) is 0 Å². The van der Waals surface area contributed by atoms with Gasteiger partial charge in [0.25, 0.3) is 5.91 Å². The summed E-state index contributed by atoms with van der Waals surface area (Å²) in [6.45, 7) is 3.96. The van der Waals surface area contributed by atoms with E-state index in [4.69, 9.17) is 4.74 Å². The first-order chi connectivity index (χ1) is 11.1. The van der Waals surface area contributed by atoms with Crippen LogP contribution in [0.5, 0.6) is 0 Å². The minimum atomic E-state index is -0.395. The molecule has 1 unspecified atom stereocenters. The van der Waals surface area contributed by atoms with Crippen molar-refractivity contribution in [1.82, 2.24) is 0 Å². The van der Waals surface area contributed by atoms with E-state index in [9.17, 15) is 9.59 Å². The number of nitrogens with one attached hydrogen (secondary N) is 1. The third kappa shape index (κ3) is 5.21. The van der Waals surface area contributed by atoms with Crippen molar-refractivity contribution in [2.24, 2.45) is 0 Å². The van der Waals surface area contributed by atoms with E-state index < -0.39 is 5.97 Å². The van der Waals surface area contributed by atoms with E-state index in [0.29, 0.717) is 5.92 Å². The molecule has 0 aliphatic carbocycles. The first-order valence-corrected chi connectivity index (χ1v) is 8.60. The number of ether oxygens (including phenoxy) is 1. The molecule has 1 amide bonds. The molecule has 1 aromatic carbocycles. The van der Waals surface area contributed by atoms with Crippen molar-refractivity contribution in [2.75, 3.05) is 11.9 Å². The number of esters is 1. The van der Waals surface area contributed by atoms with Crippen LogP contribution in [0.25, 0.3) is 0 Å². The van der Waals surface area contributed by atoms with Gasteiger partial charge in [0.1, 0.15) is 0 Å². The average Bonchev–Trinajstić information content (AvgIpc) is 3.05. The molecule has 1 N–H and O–H groups in total. The molecule has 1 atom stereocenters. The fourth-order valence-corrected chi connectivity index (χ4v) is 2.87. The first-order valence-electron chi connectivity index (χ1n) is 7.65. The Balaban J connectivity index is 1.86. The van der Waals surface area contributed by atoms with Crippen LogP contribution < -0.4 is 5.32 Å². The zero-order valence-electron chi connectivity index (χ0n) is 13.4. The van der Waals surface area contributed by atoms with E-state index in [2.05, 4.69) is 19.2 Å². The van der Waals surface area contributed by atoms with Crippen LogP contribution in [0.2, 0.25) is 0 Å². The van der Waals surface area contributed by atoms with Crippen molar-refractivity contribution >= 4 is 28.9 Å². The molecule has 0 spiro atoms. The van der Waals surface area contributed by atoms with E-state index >= 15 is 0 Å². The molecule has 0 saturated heterocycles. The van der Waals surface area contributed by atoms with Gasteiger partial charge in [0.15, 0.2) is 6.61 Å². The molecule has 1 aromatic heterocycles. The number of carbonyl (C=O) groups is 2. The van der Waals surface area contributed by atoms with Crippen LogP contribution in [0.1, 0.15) is 37.3 Å². The van der Waals surface area contributed by atoms with E-state index in [-0.39, 0.29) is 18.9 Å². The topological polar surface area (TPSA) is 55.4 Å². The number of thiophene rings is 1. The number of carbonyl (C=O) groups excluding carboxylic acids is 2. The molecule has 1 heterocycles. The second-order valence-electron chi connectivity index (χ2n) is 5.41. The maximum atomic E-state index is 12.0. The molecule has 23 heavy (non-hydrogen) atoms. The Morgan fingerprint density at radius 3 is 2.74 bits per heavy atom. The van der Waals surface area contributed by atoms with Crippen LogP contribution in [-0.2, 0) is 20.7 Å². The Labute approximate surface area is 140 Å². The lowest BCUT2D eigenvalue weighted by Gasteiger charge is -2.15. The highest BCUT2D eigenvalue weighted by atomic mass is 32.1. The fourth-order valence-electron chi connectivity index (χ4n) is 2.20. The van der Waals surface area contributed by atoms with Crippen LogP contribution in [-0.4, -0.2) is 18.5 Å². The molecule has 5 heteroatoms. The van der Waals surface area contributed by atoms with Crippen molar-refractivity contribution in [1.29, 1.82) is 0 Å². The lowest BCUT2D eigenvalue weighted by atomic mass is 9.97. The monoisotopic (exact) mass is 331 g/mol. The van der Waals surface area contributed by atoms with Crippen LogP contribution in [0, 0.1) is 0 Å². The Bertz CT molecular complexity index is 652. The van der Waals surface area contributed by atoms with Gasteiger partial charge in [-0.25, -0.2) is 0 Å². The summed E-state index contributed by atoms with van der Waals surface area (Å²) in [5.74, 6) is -0.360. The average molecular weight is 331 g/mol. The van der Waals surface area contributed by atoms with Crippen molar-refractivity contribution in [3.05, 3.63) is 52.2 Å². The van der Waals surface area contributed by atoms with Crippen LogP contribution in [0.4, 0.5) is 5.69 Å². The van der Waals surface area contributed by atoms with E-state index in [1.165, 1.54) is 11.3 Å². The highest BCUT2D eigenvalue weighted by Gasteiger charge is 2.13. The Morgan fingerprint density at radius 2 is 2.04 bits per heavy atom. The van der Waals surface area contributed by atoms with Gasteiger partial charge in [-0.2, -0.15) is 11.3 Å². The number of hydrogen-bond donors (Lipinski definition) is 1. The molecular formula is C18H21NO3S. The van der Waals surface area contributed by atoms with Crippen molar-refractivity contribution in [3.63, 3.8) is 0 Å². The van der Waals surface area contributed by atoms with Gasteiger partial charge in [-0.05, 0) is 46.4 Å². The Kier molecular flexibility index (Phi) is 6.35. The largest absolute Gasteiger partial charge is 0.455 e. The summed E-state index contributed by atoms with van der Waals surface area (Å²) in [4.78, 5) is 23.7. The molecule has 0 fully saturated rings. The summed E-state index contributed by atoms with van der Waals surface area (Å²) < 4.78 is 5.03. The Morgan fingerprint density at radius 1 is 1.26 bits per heavy atom. The first kappa shape index (κ1) is 17.2.